The fourth-order valence-electron chi connectivity index (χ4n) is 3.81. The Morgan fingerprint density at radius 3 is 2.10 bits per heavy atom. The summed E-state index contributed by atoms with van der Waals surface area (Å²) in [5.74, 6) is 4.40. The number of likely N-dealkylation sites (N-methyl/N-ethyl adjacent to an activating group) is 1. The summed E-state index contributed by atoms with van der Waals surface area (Å²) >= 11 is 0. The van der Waals surface area contributed by atoms with Gasteiger partial charge in [-0.1, -0.05) is 11.8 Å². The molecule has 260 valence electrons. The molecule has 0 aliphatic heterocycles. The number of hydrogen-bond acceptors (Lipinski definition) is 11. The van der Waals surface area contributed by atoms with Crippen LogP contribution >= 0.6 is 0 Å². The highest BCUT2D eigenvalue weighted by Gasteiger charge is 2.24. The molecule has 0 aliphatic carbocycles. The molecule has 0 fully saturated rings. The van der Waals surface area contributed by atoms with E-state index in [1.54, 1.807) is 50.6 Å². The second-order valence-corrected chi connectivity index (χ2v) is 10.1. The van der Waals surface area contributed by atoms with Gasteiger partial charge in [-0.25, -0.2) is 4.79 Å². The lowest BCUT2D eigenvalue weighted by Crippen LogP contribution is -2.52. The van der Waals surface area contributed by atoms with Crippen LogP contribution in [0.1, 0.15) is 25.0 Å². The monoisotopic (exact) mass is 670 g/mol. The third-order valence-electron chi connectivity index (χ3n) is 6.45. The van der Waals surface area contributed by atoms with Gasteiger partial charge in [0.15, 0.2) is 5.75 Å². The molecule has 15 heteroatoms. The molecule has 48 heavy (non-hydrogen) atoms. The number of nitrogens with one attached hydrogen (secondary N) is 2. The number of benzene rings is 2. The maximum absolute atomic E-state index is 12.9. The number of aromatic hydroxyl groups is 1. The minimum atomic E-state index is -0.962. The third kappa shape index (κ3) is 14.6. The highest BCUT2D eigenvalue weighted by Crippen LogP contribution is 2.26. The predicted octanol–water partition coefficient (Wildman–Crippen LogP) is 2.64. The normalized spacial score (nSPS) is 12.0. The minimum absolute atomic E-state index is 0.0192. The van der Waals surface area contributed by atoms with Crippen molar-refractivity contribution in [3.63, 3.8) is 0 Å². The van der Waals surface area contributed by atoms with Crippen LogP contribution in [0.4, 0.5) is 16.2 Å². The second-order valence-electron chi connectivity index (χ2n) is 10.1. The van der Waals surface area contributed by atoms with Crippen LogP contribution in [0, 0.1) is 22.0 Å². The fraction of sp³-hybridized carbons (Fsp3) is 0.424. The van der Waals surface area contributed by atoms with E-state index >= 15 is 0 Å². The summed E-state index contributed by atoms with van der Waals surface area (Å²) in [4.78, 5) is 49.1. The Kier molecular flexibility index (Phi) is 17.7. The van der Waals surface area contributed by atoms with E-state index in [9.17, 15) is 29.6 Å². The number of carbonyl (C=O) groups is 3. The molecule has 0 radical (unpaired) electrons. The van der Waals surface area contributed by atoms with Crippen LogP contribution in [0.5, 0.6) is 5.75 Å². The van der Waals surface area contributed by atoms with Gasteiger partial charge in [-0.15, -0.1) is 0 Å². The van der Waals surface area contributed by atoms with Crippen molar-refractivity contribution in [1.29, 1.82) is 0 Å². The first-order chi connectivity index (χ1) is 23.0. The van der Waals surface area contributed by atoms with E-state index < -0.39 is 34.8 Å². The lowest BCUT2D eigenvalue weighted by atomic mass is 10.1. The van der Waals surface area contributed by atoms with Crippen LogP contribution in [0.3, 0.4) is 0 Å². The van der Waals surface area contributed by atoms with Gasteiger partial charge in [-0.2, -0.15) is 0 Å². The maximum atomic E-state index is 12.9. The standard InChI is InChI=1S/C33H42N4O11/c1-24(35-33(41)48-22-21-47-20-19-46-18-17-45-16-15-44-4)31(39)34-25(2)32(40)36(3)28-12-9-26(10-13-28)7-5-6-8-27-11-14-29(37(42)43)30(38)23-27/h6,8-14,23-25,38H,15-22H2,1-4H3,(H,34,39)(H,35,41)/b8-6+/t24-,25+/m0/s1. The first kappa shape index (κ1) is 39.2. The molecule has 0 aromatic heterocycles. The molecule has 3 amide bonds. The zero-order chi connectivity index (χ0) is 35.3. The Hall–Kier alpha value is -5.01. The number of phenols is 1. The molecular formula is C33H42N4O11. The molecule has 2 atom stereocenters. The summed E-state index contributed by atoms with van der Waals surface area (Å²) in [5.41, 5.74) is 1.40. The number of phenolic OH excluding ortho intramolecular Hbond substituents is 1. The number of methoxy groups -OCH3 is 1. The van der Waals surface area contributed by atoms with Crippen LogP contribution in [0.2, 0.25) is 0 Å². The molecule has 0 heterocycles. The van der Waals surface area contributed by atoms with Gasteiger partial charge >= 0.3 is 11.8 Å². The number of ether oxygens (including phenoxy) is 5. The van der Waals surface area contributed by atoms with E-state index in [-0.39, 0.29) is 24.8 Å². The third-order valence-corrected chi connectivity index (χ3v) is 6.45. The summed E-state index contributed by atoms with van der Waals surface area (Å²) in [6, 6.07) is 8.97. The lowest BCUT2D eigenvalue weighted by molar-refractivity contribution is -0.385. The topological polar surface area (TPSA) is 188 Å². The Morgan fingerprint density at radius 1 is 0.917 bits per heavy atom. The molecule has 0 saturated heterocycles. The summed E-state index contributed by atoms with van der Waals surface area (Å²) in [6.07, 6.45) is 2.35. The SMILES string of the molecule is COCCOCCOCCOCCOC(=O)N[C@@H](C)C(=O)N[C@H](C)C(=O)N(C)c1ccc(C#C/C=C/c2ccc([N+](=O)[O-])c(O)c2)cc1. The highest BCUT2D eigenvalue weighted by molar-refractivity contribution is 5.99. The minimum Gasteiger partial charge on any atom is -0.502 e. The van der Waals surface area contributed by atoms with Crippen molar-refractivity contribution in [1.82, 2.24) is 10.6 Å². The van der Waals surface area contributed by atoms with Crippen molar-refractivity contribution in [2.75, 3.05) is 71.9 Å². The molecular weight excluding hydrogens is 628 g/mol. The average molecular weight is 671 g/mol. The Morgan fingerprint density at radius 2 is 1.52 bits per heavy atom. The van der Waals surface area contributed by atoms with Crippen molar-refractivity contribution < 1.29 is 48.1 Å². The summed E-state index contributed by atoms with van der Waals surface area (Å²) in [7, 11) is 3.17. The summed E-state index contributed by atoms with van der Waals surface area (Å²) in [6.45, 7) is 5.74. The van der Waals surface area contributed by atoms with Crippen LogP contribution in [0.25, 0.3) is 6.08 Å². The van der Waals surface area contributed by atoms with Gasteiger partial charge in [0.2, 0.25) is 11.8 Å². The van der Waals surface area contributed by atoms with E-state index in [0.717, 1.165) is 0 Å². The zero-order valence-corrected chi connectivity index (χ0v) is 27.4. The first-order valence-corrected chi connectivity index (χ1v) is 15.0. The average Bonchev–Trinajstić information content (AvgIpc) is 3.06. The van der Waals surface area contributed by atoms with E-state index in [4.69, 9.17) is 23.7 Å². The van der Waals surface area contributed by atoms with Crippen molar-refractivity contribution in [3.05, 3.63) is 69.8 Å². The largest absolute Gasteiger partial charge is 0.502 e. The summed E-state index contributed by atoms with van der Waals surface area (Å²) < 4.78 is 25.8. The zero-order valence-electron chi connectivity index (χ0n) is 27.4. The predicted molar refractivity (Wildman–Crippen MR) is 176 cm³/mol. The number of anilines is 1. The van der Waals surface area contributed by atoms with Gasteiger partial charge in [0.05, 0.1) is 51.2 Å². The molecule has 0 aliphatic rings. The summed E-state index contributed by atoms with van der Waals surface area (Å²) in [5, 5.41) is 25.5. The van der Waals surface area contributed by atoms with E-state index in [1.165, 1.54) is 36.9 Å². The molecule has 0 saturated carbocycles. The molecule has 2 aromatic carbocycles. The molecule has 0 unspecified atom stereocenters. The van der Waals surface area contributed by atoms with Gasteiger partial charge in [0.25, 0.3) is 0 Å². The number of allylic oxidation sites excluding steroid dienone is 1. The highest BCUT2D eigenvalue weighted by atomic mass is 16.6. The number of alkyl carbamates (subject to hydrolysis) is 1. The first-order valence-electron chi connectivity index (χ1n) is 15.0. The van der Waals surface area contributed by atoms with Crippen LogP contribution in [0.15, 0.2) is 48.5 Å². The number of nitro benzene ring substituents is 1. The fourth-order valence-corrected chi connectivity index (χ4v) is 3.81. The van der Waals surface area contributed by atoms with Gasteiger partial charge in [0, 0.05) is 31.5 Å². The molecule has 0 bridgehead atoms. The molecule has 2 aromatic rings. The van der Waals surface area contributed by atoms with Crippen molar-refractivity contribution in [2.45, 2.75) is 25.9 Å². The maximum Gasteiger partial charge on any atom is 0.407 e. The quantitative estimate of drug-likeness (QED) is 0.0863. The van der Waals surface area contributed by atoms with E-state index in [1.807, 2.05) is 0 Å². The molecule has 3 N–H and O–H groups in total. The Balaban J connectivity index is 1.70. The molecule has 0 spiro atoms. The smallest absolute Gasteiger partial charge is 0.407 e. The van der Waals surface area contributed by atoms with Crippen LogP contribution in [-0.4, -0.2) is 107 Å². The van der Waals surface area contributed by atoms with Crippen LogP contribution in [-0.2, 0) is 33.3 Å². The number of nitro groups is 1. The Labute approximate surface area is 279 Å². The van der Waals surface area contributed by atoms with Crippen molar-refractivity contribution in [2.24, 2.45) is 0 Å². The number of nitrogens with zero attached hydrogens (tertiary/aromatic N) is 2. The lowest BCUT2D eigenvalue weighted by Gasteiger charge is -2.23. The van der Waals surface area contributed by atoms with Gasteiger partial charge in [-0.05, 0) is 68.0 Å². The number of hydrogen-bond donors (Lipinski definition) is 3. The Bertz CT molecular complexity index is 1440. The van der Waals surface area contributed by atoms with Crippen molar-refractivity contribution in [3.8, 4) is 17.6 Å². The number of amides is 3. The van der Waals surface area contributed by atoms with Gasteiger partial charge in [-0.3, -0.25) is 19.7 Å². The number of rotatable bonds is 19. The number of carbonyl (C=O) groups excluding carboxylic acids is 3. The second kappa shape index (κ2) is 21.7. The van der Waals surface area contributed by atoms with Crippen LogP contribution < -0.4 is 15.5 Å². The van der Waals surface area contributed by atoms with Gasteiger partial charge in [0.1, 0.15) is 18.7 Å². The van der Waals surface area contributed by atoms with Gasteiger partial charge < -0.3 is 44.3 Å². The van der Waals surface area contributed by atoms with Crippen molar-refractivity contribution >= 4 is 35.4 Å². The molecule has 15 nitrogen and oxygen atoms in total. The van der Waals surface area contributed by atoms with E-state index in [2.05, 4.69) is 22.5 Å². The van der Waals surface area contributed by atoms with E-state index in [0.29, 0.717) is 56.5 Å². The molecule has 2 rings (SSSR count).